The number of hydrogen-bond donors (Lipinski definition) is 3. The molecule has 1 fully saturated rings. The molecule has 0 saturated carbocycles. The van der Waals surface area contributed by atoms with E-state index in [0.29, 0.717) is 17.9 Å². The molecule has 3 N–H and O–H groups in total. The zero-order valence-electron chi connectivity index (χ0n) is 14.6. The standard InChI is InChI=1S/C17H23N5O3S/c1-22-9-8-19-16(22)12-21-26(24,25)15-6-2-4-13(10-15)17(23)20-11-14-5-3-7-18-14/h2,4,6,8-10,14,18,21H,3,5,7,11-12H2,1H3,(H,20,23)/t14-/m0/s1. The molecule has 2 heterocycles. The largest absolute Gasteiger partial charge is 0.350 e. The van der Waals surface area contributed by atoms with Crippen LogP contribution in [0.25, 0.3) is 0 Å². The molecule has 0 radical (unpaired) electrons. The van der Waals surface area contributed by atoms with Gasteiger partial charge in [-0.1, -0.05) is 6.07 Å². The summed E-state index contributed by atoms with van der Waals surface area (Å²) < 4.78 is 29.2. The normalized spacial score (nSPS) is 17.3. The van der Waals surface area contributed by atoms with Gasteiger partial charge in [0.2, 0.25) is 10.0 Å². The summed E-state index contributed by atoms with van der Waals surface area (Å²) in [5.41, 5.74) is 0.322. The van der Waals surface area contributed by atoms with Gasteiger partial charge in [-0.05, 0) is 37.6 Å². The predicted molar refractivity (Wildman–Crippen MR) is 97.0 cm³/mol. The summed E-state index contributed by atoms with van der Waals surface area (Å²) in [6, 6.07) is 6.31. The van der Waals surface area contributed by atoms with Crippen LogP contribution in [-0.2, 0) is 23.6 Å². The molecule has 1 aliphatic rings. The number of aromatic nitrogens is 2. The molecule has 8 nitrogen and oxygen atoms in total. The lowest BCUT2D eigenvalue weighted by Crippen LogP contribution is -2.37. The number of aryl methyl sites for hydroxylation is 1. The first kappa shape index (κ1) is 18.6. The van der Waals surface area contributed by atoms with Crippen molar-refractivity contribution in [3.8, 4) is 0 Å². The van der Waals surface area contributed by atoms with Crippen LogP contribution in [0, 0.1) is 0 Å². The van der Waals surface area contributed by atoms with Crippen LogP contribution in [0.3, 0.4) is 0 Å². The molecule has 2 aromatic rings. The zero-order chi connectivity index (χ0) is 18.6. The molecule has 3 rings (SSSR count). The average Bonchev–Trinajstić information content (AvgIpc) is 3.29. The summed E-state index contributed by atoms with van der Waals surface area (Å²) in [5, 5.41) is 6.16. The number of rotatable bonds is 7. The number of amides is 1. The minimum Gasteiger partial charge on any atom is -0.350 e. The number of carbonyl (C=O) groups excluding carboxylic acids is 1. The molecule has 0 unspecified atom stereocenters. The summed E-state index contributed by atoms with van der Waals surface area (Å²) in [7, 11) is -1.94. The molecule has 140 valence electrons. The van der Waals surface area contributed by atoms with E-state index < -0.39 is 10.0 Å². The number of benzene rings is 1. The number of nitrogens with zero attached hydrogens (tertiary/aromatic N) is 2. The highest BCUT2D eigenvalue weighted by Gasteiger charge is 2.18. The quantitative estimate of drug-likeness (QED) is 0.647. The maximum Gasteiger partial charge on any atom is 0.251 e. The van der Waals surface area contributed by atoms with E-state index in [1.807, 2.05) is 0 Å². The SMILES string of the molecule is Cn1ccnc1CNS(=O)(=O)c1cccc(C(=O)NC[C@@H]2CCCN2)c1. The summed E-state index contributed by atoms with van der Waals surface area (Å²) in [4.78, 5) is 16.4. The molecular formula is C17H23N5O3S. The topological polar surface area (TPSA) is 105 Å². The molecule has 1 atom stereocenters. The maximum absolute atomic E-state index is 12.5. The molecule has 1 aliphatic heterocycles. The highest BCUT2D eigenvalue weighted by atomic mass is 32.2. The first-order valence-corrected chi connectivity index (χ1v) is 10.0. The molecule has 0 bridgehead atoms. The summed E-state index contributed by atoms with van der Waals surface area (Å²) in [5.74, 6) is 0.325. The van der Waals surface area contributed by atoms with E-state index >= 15 is 0 Å². The van der Waals surface area contributed by atoms with Crippen molar-refractivity contribution >= 4 is 15.9 Å². The van der Waals surface area contributed by atoms with E-state index in [1.54, 1.807) is 36.1 Å². The molecule has 0 aliphatic carbocycles. The first-order valence-electron chi connectivity index (χ1n) is 8.53. The molecule has 1 amide bonds. The summed E-state index contributed by atoms with van der Waals surface area (Å²) >= 11 is 0. The Morgan fingerprint density at radius 2 is 2.27 bits per heavy atom. The van der Waals surface area contributed by atoms with Crippen molar-refractivity contribution in [2.45, 2.75) is 30.3 Å². The highest BCUT2D eigenvalue weighted by molar-refractivity contribution is 7.89. The molecule has 0 spiro atoms. The number of sulfonamides is 1. The fourth-order valence-electron chi connectivity index (χ4n) is 2.86. The van der Waals surface area contributed by atoms with Crippen molar-refractivity contribution in [2.24, 2.45) is 7.05 Å². The van der Waals surface area contributed by atoms with Gasteiger partial charge in [-0.3, -0.25) is 4.79 Å². The van der Waals surface area contributed by atoms with Gasteiger partial charge in [0.25, 0.3) is 5.91 Å². The Morgan fingerprint density at radius 1 is 1.42 bits per heavy atom. The van der Waals surface area contributed by atoms with Gasteiger partial charge >= 0.3 is 0 Å². The van der Waals surface area contributed by atoms with E-state index in [1.165, 1.54) is 12.1 Å². The Balaban J connectivity index is 1.65. The second-order valence-corrected chi connectivity index (χ2v) is 8.08. The van der Waals surface area contributed by atoms with Crippen molar-refractivity contribution in [1.82, 2.24) is 24.9 Å². The molecule has 1 saturated heterocycles. The molecular weight excluding hydrogens is 354 g/mol. The van der Waals surface area contributed by atoms with Gasteiger partial charge < -0.3 is 15.2 Å². The Kier molecular flexibility index (Phi) is 5.70. The number of nitrogens with one attached hydrogen (secondary N) is 3. The monoisotopic (exact) mass is 377 g/mol. The lowest BCUT2D eigenvalue weighted by Gasteiger charge is -2.12. The van der Waals surface area contributed by atoms with Crippen LogP contribution >= 0.6 is 0 Å². The Labute approximate surface area is 153 Å². The van der Waals surface area contributed by atoms with E-state index in [9.17, 15) is 13.2 Å². The van der Waals surface area contributed by atoms with Gasteiger partial charge in [0.1, 0.15) is 5.82 Å². The third-order valence-electron chi connectivity index (χ3n) is 4.42. The minimum atomic E-state index is -3.74. The summed E-state index contributed by atoms with van der Waals surface area (Å²) in [6.45, 7) is 1.58. The van der Waals surface area contributed by atoms with Crippen molar-refractivity contribution < 1.29 is 13.2 Å². The molecule has 26 heavy (non-hydrogen) atoms. The van der Waals surface area contributed by atoms with Crippen LogP contribution in [-0.4, -0.2) is 43.0 Å². The van der Waals surface area contributed by atoms with Gasteiger partial charge in [-0.2, -0.15) is 0 Å². The average molecular weight is 377 g/mol. The fraction of sp³-hybridized carbons (Fsp3) is 0.412. The van der Waals surface area contributed by atoms with Crippen LogP contribution in [0.2, 0.25) is 0 Å². The van der Waals surface area contributed by atoms with Crippen molar-refractivity contribution in [2.75, 3.05) is 13.1 Å². The number of imidazole rings is 1. The Hall–Kier alpha value is -2.23. The van der Waals surface area contributed by atoms with Gasteiger partial charge in [-0.15, -0.1) is 0 Å². The highest BCUT2D eigenvalue weighted by Crippen LogP contribution is 2.12. The van der Waals surface area contributed by atoms with E-state index in [4.69, 9.17) is 0 Å². The van der Waals surface area contributed by atoms with Gasteiger partial charge in [0.05, 0.1) is 11.4 Å². The third kappa shape index (κ3) is 4.48. The summed E-state index contributed by atoms with van der Waals surface area (Å²) in [6.07, 6.45) is 5.49. The van der Waals surface area contributed by atoms with Crippen molar-refractivity contribution in [3.05, 3.63) is 48.0 Å². The smallest absolute Gasteiger partial charge is 0.251 e. The van der Waals surface area contributed by atoms with E-state index in [0.717, 1.165) is 19.4 Å². The minimum absolute atomic E-state index is 0.0540. The van der Waals surface area contributed by atoms with Gasteiger partial charge in [0.15, 0.2) is 0 Å². The fourth-order valence-corrected chi connectivity index (χ4v) is 3.89. The van der Waals surface area contributed by atoms with Crippen molar-refractivity contribution in [1.29, 1.82) is 0 Å². The predicted octanol–water partition coefficient (Wildman–Crippen LogP) is 0.380. The molecule has 1 aromatic heterocycles. The van der Waals surface area contributed by atoms with Crippen LogP contribution in [0.5, 0.6) is 0 Å². The van der Waals surface area contributed by atoms with Gasteiger partial charge in [-0.25, -0.2) is 18.1 Å². The number of carbonyl (C=O) groups is 1. The van der Waals surface area contributed by atoms with Crippen LogP contribution in [0.1, 0.15) is 29.0 Å². The van der Waals surface area contributed by atoms with Crippen LogP contribution < -0.4 is 15.4 Å². The van der Waals surface area contributed by atoms with Crippen LogP contribution in [0.15, 0.2) is 41.6 Å². The van der Waals surface area contributed by atoms with E-state index in [-0.39, 0.29) is 23.4 Å². The van der Waals surface area contributed by atoms with E-state index in [2.05, 4.69) is 20.3 Å². The second kappa shape index (κ2) is 7.98. The maximum atomic E-state index is 12.5. The second-order valence-electron chi connectivity index (χ2n) is 6.31. The third-order valence-corrected chi connectivity index (χ3v) is 5.82. The molecule has 1 aromatic carbocycles. The first-order chi connectivity index (χ1) is 12.5. The van der Waals surface area contributed by atoms with Crippen molar-refractivity contribution in [3.63, 3.8) is 0 Å². The lowest BCUT2D eigenvalue weighted by atomic mass is 10.2. The lowest BCUT2D eigenvalue weighted by molar-refractivity contribution is 0.0950. The van der Waals surface area contributed by atoms with Crippen LogP contribution in [0.4, 0.5) is 0 Å². The zero-order valence-corrected chi connectivity index (χ0v) is 15.4. The Morgan fingerprint density at radius 3 is 2.96 bits per heavy atom. The van der Waals surface area contributed by atoms with Gasteiger partial charge in [0, 0.05) is 37.6 Å². The Bertz CT molecular complexity index is 872. The number of hydrogen-bond acceptors (Lipinski definition) is 5. The molecule has 9 heteroatoms.